The Morgan fingerprint density at radius 1 is 1.28 bits per heavy atom. The van der Waals surface area contributed by atoms with E-state index in [0.29, 0.717) is 13.2 Å². The first-order chi connectivity index (χ1) is 8.42. The lowest BCUT2D eigenvalue weighted by atomic mass is 10.1. The normalized spacial score (nSPS) is 11.3. The summed E-state index contributed by atoms with van der Waals surface area (Å²) in [5, 5.41) is 0. The number of carbonyl (C=O) groups excluding carboxylic acids is 1. The van der Waals surface area contributed by atoms with Crippen LogP contribution >= 0.6 is 0 Å². The Morgan fingerprint density at radius 3 is 2.44 bits per heavy atom. The second-order valence-corrected chi connectivity index (χ2v) is 5.00. The van der Waals surface area contributed by atoms with Crippen LogP contribution in [0, 0.1) is 0 Å². The molecule has 1 aromatic rings. The molecule has 1 rings (SSSR count). The molecule has 0 aliphatic carbocycles. The highest BCUT2D eigenvalue weighted by molar-refractivity contribution is 5.72. The first kappa shape index (κ1) is 14.7. The van der Waals surface area contributed by atoms with Crippen molar-refractivity contribution in [2.24, 2.45) is 5.73 Å². The average Bonchev–Trinajstić information content (AvgIpc) is 2.29. The summed E-state index contributed by atoms with van der Waals surface area (Å²) in [5.41, 5.74) is 7.41. The molecular formula is C14H21NO3. The maximum atomic E-state index is 11.3. The zero-order valence-electron chi connectivity index (χ0n) is 11.2. The van der Waals surface area contributed by atoms with Crippen molar-refractivity contribution in [3.8, 4) is 0 Å². The molecule has 0 heterocycles. The Morgan fingerprint density at radius 2 is 1.89 bits per heavy atom. The molecule has 18 heavy (non-hydrogen) atoms. The van der Waals surface area contributed by atoms with Crippen molar-refractivity contribution in [1.29, 1.82) is 0 Å². The van der Waals surface area contributed by atoms with E-state index in [-0.39, 0.29) is 17.9 Å². The van der Waals surface area contributed by atoms with Gasteiger partial charge in [0.05, 0.1) is 26.7 Å². The smallest absolute Gasteiger partial charge is 0.309 e. The number of hydrogen-bond acceptors (Lipinski definition) is 4. The van der Waals surface area contributed by atoms with Crippen LogP contribution in [0.4, 0.5) is 0 Å². The lowest BCUT2D eigenvalue weighted by Crippen LogP contribution is -2.37. The highest BCUT2D eigenvalue weighted by Crippen LogP contribution is 2.12. The van der Waals surface area contributed by atoms with Gasteiger partial charge in [0.1, 0.15) is 0 Å². The third-order valence-electron chi connectivity index (χ3n) is 2.41. The molecule has 1 aromatic carbocycles. The second kappa shape index (κ2) is 6.52. The Kier molecular flexibility index (Phi) is 5.31. The molecule has 4 nitrogen and oxygen atoms in total. The van der Waals surface area contributed by atoms with E-state index in [1.165, 1.54) is 7.11 Å². The highest BCUT2D eigenvalue weighted by atomic mass is 16.5. The number of hydrogen-bond donors (Lipinski definition) is 1. The van der Waals surface area contributed by atoms with Gasteiger partial charge in [-0.25, -0.2) is 0 Å². The van der Waals surface area contributed by atoms with E-state index in [1.54, 1.807) is 0 Å². The largest absolute Gasteiger partial charge is 0.469 e. The Hall–Kier alpha value is -1.39. The molecule has 0 bridgehead atoms. The molecule has 0 amide bonds. The number of rotatable bonds is 6. The number of benzene rings is 1. The van der Waals surface area contributed by atoms with Crippen LogP contribution in [-0.4, -0.2) is 25.2 Å². The van der Waals surface area contributed by atoms with Gasteiger partial charge in [0.15, 0.2) is 0 Å². The summed E-state index contributed by atoms with van der Waals surface area (Å²) in [7, 11) is 1.39. The fourth-order valence-corrected chi connectivity index (χ4v) is 1.52. The summed E-state index contributed by atoms with van der Waals surface area (Å²) in [6, 6.07) is 7.67. The molecule has 0 saturated heterocycles. The van der Waals surface area contributed by atoms with Gasteiger partial charge in [-0.3, -0.25) is 4.79 Å². The van der Waals surface area contributed by atoms with Crippen molar-refractivity contribution < 1.29 is 14.3 Å². The van der Waals surface area contributed by atoms with E-state index in [1.807, 2.05) is 38.1 Å². The molecule has 0 atom stereocenters. The first-order valence-electron chi connectivity index (χ1n) is 5.92. The molecule has 0 spiro atoms. The Balaban J connectivity index is 2.62. The topological polar surface area (TPSA) is 61.5 Å². The summed E-state index contributed by atoms with van der Waals surface area (Å²) < 4.78 is 10.2. The number of ether oxygens (including phenoxy) is 2. The van der Waals surface area contributed by atoms with Crippen molar-refractivity contribution in [1.82, 2.24) is 0 Å². The first-order valence-corrected chi connectivity index (χ1v) is 5.92. The van der Waals surface area contributed by atoms with Gasteiger partial charge >= 0.3 is 5.97 Å². The summed E-state index contributed by atoms with van der Waals surface area (Å²) in [5.74, 6) is -0.249. The number of esters is 1. The van der Waals surface area contributed by atoms with Crippen molar-refractivity contribution in [2.75, 3.05) is 13.7 Å². The minimum absolute atomic E-state index is 0.249. The molecule has 0 aliphatic rings. The number of nitrogens with two attached hydrogens (primary N) is 1. The van der Waals surface area contributed by atoms with Crippen molar-refractivity contribution in [2.45, 2.75) is 32.4 Å². The average molecular weight is 251 g/mol. The van der Waals surface area contributed by atoms with Gasteiger partial charge in [-0.05, 0) is 25.0 Å². The molecule has 0 saturated carbocycles. The van der Waals surface area contributed by atoms with Crippen LogP contribution in [0.25, 0.3) is 0 Å². The third kappa shape index (κ3) is 5.29. The Bertz CT molecular complexity index is 396. The SMILES string of the molecule is COC(=O)Cc1ccccc1COCC(C)(C)N. The maximum Gasteiger partial charge on any atom is 0.309 e. The van der Waals surface area contributed by atoms with Crippen LogP contribution in [0.2, 0.25) is 0 Å². The molecule has 0 aliphatic heterocycles. The molecule has 0 unspecified atom stereocenters. The van der Waals surface area contributed by atoms with E-state index in [2.05, 4.69) is 4.74 Å². The van der Waals surface area contributed by atoms with Crippen LogP contribution in [0.3, 0.4) is 0 Å². The minimum Gasteiger partial charge on any atom is -0.469 e. The zero-order chi connectivity index (χ0) is 13.6. The fourth-order valence-electron chi connectivity index (χ4n) is 1.52. The predicted octanol–water partition coefficient (Wildman–Crippen LogP) is 1.66. The highest BCUT2D eigenvalue weighted by Gasteiger charge is 2.12. The van der Waals surface area contributed by atoms with Crippen LogP contribution in [0.1, 0.15) is 25.0 Å². The van der Waals surface area contributed by atoms with Crippen molar-refractivity contribution in [3.63, 3.8) is 0 Å². The van der Waals surface area contributed by atoms with Gasteiger partial charge in [0.2, 0.25) is 0 Å². The van der Waals surface area contributed by atoms with Gasteiger partial charge in [-0.15, -0.1) is 0 Å². The maximum absolute atomic E-state index is 11.3. The van der Waals surface area contributed by atoms with Gasteiger partial charge in [0, 0.05) is 5.54 Å². The summed E-state index contributed by atoms with van der Waals surface area (Å²) >= 11 is 0. The van der Waals surface area contributed by atoms with E-state index in [0.717, 1.165) is 11.1 Å². The molecule has 0 aromatic heterocycles. The zero-order valence-corrected chi connectivity index (χ0v) is 11.2. The monoisotopic (exact) mass is 251 g/mol. The quantitative estimate of drug-likeness (QED) is 0.781. The van der Waals surface area contributed by atoms with Gasteiger partial charge in [-0.2, -0.15) is 0 Å². The van der Waals surface area contributed by atoms with E-state index >= 15 is 0 Å². The van der Waals surface area contributed by atoms with Crippen molar-refractivity contribution in [3.05, 3.63) is 35.4 Å². The molecule has 2 N–H and O–H groups in total. The van der Waals surface area contributed by atoms with E-state index in [4.69, 9.17) is 10.5 Å². The van der Waals surface area contributed by atoms with Gasteiger partial charge in [-0.1, -0.05) is 24.3 Å². The van der Waals surface area contributed by atoms with Crippen LogP contribution in [-0.2, 0) is 27.3 Å². The molecule has 0 radical (unpaired) electrons. The lowest BCUT2D eigenvalue weighted by Gasteiger charge is -2.18. The van der Waals surface area contributed by atoms with Gasteiger partial charge in [0.25, 0.3) is 0 Å². The summed E-state index contributed by atoms with van der Waals surface area (Å²) in [6.45, 7) is 4.74. The van der Waals surface area contributed by atoms with Crippen molar-refractivity contribution >= 4 is 5.97 Å². The van der Waals surface area contributed by atoms with E-state index in [9.17, 15) is 4.79 Å². The second-order valence-electron chi connectivity index (χ2n) is 5.00. The van der Waals surface area contributed by atoms with Crippen LogP contribution in [0.5, 0.6) is 0 Å². The molecular weight excluding hydrogens is 230 g/mol. The minimum atomic E-state index is -0.350. The lowest BCUT2D eigenvalue weighted by molar-refractivity contribution is -0.139. The predicted molar refractivity (Wildman–Crippen MR) is 70.1 cm³/mol. The molecule has 4 heteroatoms. The van der Waals surface area contributed by atoms with Crippen LogP contribution in [0.15, 0.2) is 24.3 Å². The van der Waals surface area contributed by atoms with Gasteiger partial charge < -0.3 is 15.2 Å². The summed E-state index contributed by atoms with van der Waals surface area (Å²) in [4.78, 5) is 11.3. The molecule has 100 valence electrons. The fraction of sp³-hybridized carbons (Fsp3) is 0.500. The summed E-state index contributed by atoms with van der Waals surface area (Å²) in [6.07, 6.45) is 0.266. The van der Waals surface area contributed by atoms with Crippen LogP contribution < -0.4 is 5.73 Å². The Labute approximate surface area is 108 Å². The number of carbonyl (C=O) groups is 1. The number of methoxy groups -OCH3 is 1. The molecule has 0 fully saturated rings. The standard InChI is InChI=1S/C14H21NO3/c1-14(2,15)10-18-9-12-7-5-4-6-11(12)8-13(16)17-3/h4-7H,8-10,15H2,1-3H3. The third-order valence-corrected chi connectivity index (χ3v) is 2.41. The van der Waals surface area contributed by atoms with E-state index < -0.39 is 0 Å².